The van der Waals surface area contributed by atoms with Crippen LogP contribution in [0.4, 0.5) is 5.69 Å². The van der Waals surface area contributed by atoms with Gasteiger partial charge in [-0.05, 0) is 19.1 Å². The summed E-state index contributed by atoms with van der Waals surface area (Å²) in [5.74, 6) is 0.546. The van der Waals surface area contributed by atoms with Crippen molar-refractivity contribution < 1.29 is 9.53 Å². The first-order valence-corrected chi connectivity index (χ1v) is 5.99. The minimum absolute atomic E-state index is 0.215. The maximum Gasteiger partial charge on any atom is 0.248 e. The van der Waals surface area contributed by atoms with Crippen molar-refractivity contribution in [3.63, 3.8) is 0 Å². The smallest absolute Gasteiger partial charge is 0.248 e. The third-order valence-corrected chi connectivity index (χ3v) is 2.40. The van der Waals surface area contributed by atoms with E-state index in [2.05, 4.69) is 15.5 Å². The highest BCUT2D eigenvalue weighted by atomic mass is 16.5. The Balaban J connectivity index is 2.03. The molecule has 5 heteroatoms. The van der Waals surface area contributed by atoms with E-state index in [1.807, 2.05) is 31.2 Å². The quantitative estimate of drug-likeness (QED) is 0.808. The molecule has 0 aliphatic rings. The molecule has 1 amide bonds. The SMILES string of the molecule is CCOc1ccccc1/C=C/C(=O)Nc1cn[nH]c1. The molecule has 2 aromatic rings. The Morgan fingerprint density at radius 3 is 3.05 bits per heavy atom. The van der Waals surface area contributed by atoms with Crippen LogP contribution in [0.15, 0.2) is 42.7 Å². The summed E-state index contributed by atoms with van der Waals surface area (Å²) in [6, 6.07) is 7.56. The van der Waals surface area contributed by atoms with Crippen LogP contribution in [-0.4, -0.2) is 22.7 Å². The van der Waals surface area contributed by atoms with E-state index in [1.54, 1.807) is 18.5 Å². The van der Waals surface area contributed by atoms with Crippen molar-refractivity contribution in [2.75, 3.05) is 11.9 Å². The third-order valence-electron chi connectivity index (χ3n) is 2.40. The maximum absolute atomic E-state index is 11.7. The first kappa shape index (κ1) is 12.9. The average Bonchev–Trinajstić information content (AvgIpc) is 2.91. The molecular weight excluding hydrogens is 242 g/mol. The number of H-pyrrole nitrogens is 1. The lowest BCUT2D eigenvalue weighted by Gasteiger charge is -2.06. The standard InChI is InChI=1S/C14H15N3O2/c1-2-19-13-6-4-3-5-11(13)7-8-14(18)17-12-9-15-16-10-12/h3-10H,2H2,1H3,(H,15,16)(H,17,18)/b8-7+. The lowest BCUT2D eigenvalue weighted by atomic mass is 10.2. The second-order valence-electron chi connectivity index (χ2n) is 3.78. The fourth-order valence-electron chi connectivity index (χ4n) is 1.57. The van der Waals surface area contributed by atoms with Crippen LogP contribution in [0.2, 0.25) is 0 Å². The molecule has 0 spiro atoms. The van der Waals surface area contributed by atoms with E-state index in [9.17, 15) is 4.79 Å². The van der Waals surface area contributed by atoms with E-state index < -0.39 is 0 Å². The number of aromatic amines is 1. The molecule has 2 rings (SSSR count). The number of ether oxygens (including phenoxy) is 1. The molecule has 0 radical (unpaired) electrons. The van der Waals surface area contributed by atoms with E-state index in [0.29, 0.717) is 12.3 Å². The van der Waals surface area contributed by atoms with Crippen LogP contribution in [0.25, 0.3) is 6.08 Å². The summed E-state index contributed by atoms with van der Waals surface area (Å²) < 4.78 is 5.48. The van der Waals surface area contributed by atoms with Gasteiger partial charge >= 0.3 is 0 Å². The number of nitrogens with zero attached hydrogens (tertiary/aromatic N) is 1. The monoisotopic (exact) mass is 257 g/mol. The Kier molecular flexibility index (Phi) is 4.34. The molecule has 0 bridgehead atoms. The van der Waals surface area contributed by atoms with E-state index >= 15 is 0 Å². The molecule has 19 heavy (non-hydrogen) atoms. The van der Waals surface area contributed by atoms with Crippen molar-refractivity contribution in [2.24, 2.45) is 0 Å². The second kappa shape index (κ2) is 6.39. The summed E-state index contributed by atoms with van der Waals surface area (Å²) in [6.07, 6.45) is 6.34. The zero-order valence-corrected chi connectivity index (χ0v) is 10.6. The van der Waals surface area contributed by atoms with Crippen molar-refractivity contribution in [2.45, 2.75) is 6.92 Å². The van der Waals surface area contributed by atoms with Gasteiger partial charge in [0.15, 0.2) is 0 Å². The van der Waals surface area contributed by atoms with Crippen LogP contribution in [0.5, 0.6) is 5.75 Å². The van der Waals surface area contributed by atoms with Crippen LogP contribution < -0.4 is 10.1 Å². The number of para-hydroxylation sites is 1. The highest BCUT2D eigenvalue weighted by molar-refractivity contribution is 6.01. The predicted octanol–water partition coefficient (Wildman–Crippen LogP) is 2.46. The number of rotatable bonds is 5. The maximum atomic E-state index is 11.7. The largest absolute Gasteiger partial charge is 0.493 e. The first-order chi connectivity index (χ1) is 9.29. The van der Waals surface area contributed by atoms with Gasteiger partial charge in [0.2, 0.25) is 5.91 Å². The van der Waals surface area contributed by atoms with Gasteiger partial charge in [-0.1, -0.05) is 18.2 Å². The van der Waals surface area contributed by atoms with Gasteiger partial charge in [0, 0.05) is 17.8 Å². The van der Waals surface area contributed by atoms with E-state index in [0.717, 1.165) is 11.3 Å². The van der Waals surface area contributed by atoms with Gasteiger partial charge in [-0.25, -0.2) is 0 Å². The fraction of sp³-hybridized carbons (Fsp3) is 0.143. The highest BCUT2D eigenvalue weighted by Gasteiger charge is 2.01. The van der Waals surface area contributed by atoms with E-state index in [-0.39, 0.29) is 5.91 Å². The number of aromatic nitrogens is 2. The number of amides is 1. The Labute approximate surface area is 111 Å². The summed E-state index contributed by atoms with van der Waals surface area (Å²) in [4.78, 5) is 11.7. The molecule has 0 aliphatic heterocycles. The third kappa shape index (κ3) is 3.70. The molecule has 0 unspecified atom stereocenters. The van der Waals surface area contributed by atoms with Crippen molar-refractivity contribution in [1.82, 2.24) is 10.2 Å². The predicted molar refractivity (Wildman–Crippen MR) is 73.9 cm³/mol. The molecular formula is C14H15N3O2. The minimum Gasteiger partial charge on any atom is -0.493 e. The summed E-state index contributed by atoms with van der Waals surface area (Å²) in [5.41, 5.74) is 1.50. The zero-order chi connectivity index (χ0) is 13.5. The summed E-state index contributed by atoms with van der Waals surface area (Å²) >= 11 is 0. The average molecular weight is 257 g/mol. The van der Waals surface area contributed by atoms with Gasteiger partial charge < -0.3 is 10.1 Å². The van der Waals surface area contributed by atoms with Gasteiger partial charge in [0.1, 0.15) is 5.75 Å². The first-order valence-electron chi connectivity index (χ1n) is 5.99. The number of nitrogens with one attached hydrogen (secondary N) is 2. The summed E-state index contributed by atoms with van der Waals surface area (Å²) in [5, 5.41) is 9.06. The topological polar surface area (TPSA) is 67.0 Å². The summed E-state index contributed by atoms with van der Waals surface area (Å²) in [6.45, 7) is 2.51. The lowest BCUT2D eigenvalue weighted by molar-refractivity contribution is -0.111. The number of hydrogen-bond acceptors (Lipinski definition) is 3. The number of carbonyl (C=O) groups excluding carboxylic acids is 1. The molecule has 0 aliphatic carbocycles. The van der Waals surface area contributed by atoms with E-state index in [4.69, 9.17) is 4.74 Å². The van der Waals surface area contributed by atoms with Crippen LogP contribution in [0.3, 0.4) is 0 Å². The highest BCUT2D eigenvalue weighted by Crippen LogP contribution is 2.19. The molecule has 0 atom stereocenters. The van der Waals surface area contributed by atoms with Crippen molar-refractivity contribution in [1.29, 1.82) is 0 Å². The van der Waals surface area contributed by atoms with Gasteiger partial charge in [0.05, 0.1) is 18.5 Å². The number of carbonyl (C=O) groups is 1. The van der Waals surface area contributed by atoms with Crippen LogP contribution >= 0.6 is 0 Å². The molecule has 5 nitrogen and oxygen atoms in total. The molecule has 1 aromatic heterocycles. The Bertz CT molecular complexity index is 562. The van der Waals surface area contributed by atoms with Crippen molar-refractivity contribution in [3.05, 3.63) is 48.3 Å². The molecule has 1 aromatic carbocycles. The van der Waals surface area contributed by atoms with Gasteiger partial charge in [-0.3, -0.25) is 9.89 Å². The van der Waals surface area contributed by atoms with Crippen LogP contribution in [0.1, 0.15) is 12.5 Å². The number of hydrogen-bond donors (Lipinski definition) is 2. The summed E-state index contributed by atoms with van der Waals surface area (Å²) in [7, 11) is 0. The lowest BCUT2D eigenvalue weighted by Crippen LogP contribution is -2.06. The molecule has 1 heterocycles. The fourth-order valence-corrected chi connectivity index (χ4v) is 1.57. The molecule has 0 fully saturated rings. The Hall–Kier alpha value is -2.56. The van der Waals surface area contributed by atoms with Crippen LogP contribution in [0, 0.1) is 0 Å². The number of benzene rings is 1. The molecule has 98 valence electrons. The second-order valence-corrected chi connectivity index (χ2v) is 3.78. The number of anilines is 1. The van der Waals surface area contributed by atoms with Crippen molar-refractivity contribution >= 4 is 17.7 Å². The van der Waals surface area contributed by atoms with Crippen molar-refractivity contribution in [3.8, 4) is 5.75 Å². The van der Waals surface area contributed by atoms with Gasteiger partial charge in [-0.2, -0.15) is 5.10 Å². The zero-order valence-electron chi connectivity index (χ0n) is 10.6. The molecule has 2 N–H and O–H groups in total. The minimum atomic E-state index is -0.215. The molecule has 0 saturated carbocycles. The molecule has 0 saturated heterocycles. The Morgan fingerprint density at radius 1 is 1.47 bits per heavy atom. The van der Waals surface area contributed by atoms with Gasteiger partial charge in [0.25, 0.3) is 0 Å². The van der Waals surface area contributed by atoms with Gasteiger partial charge in [-0.15, -0.1) is 0 Å². The van der Waals surface area contributed by atoms with Crippen LogP contribution in [-0.2, 0) is 4.79 Å². The Morgan fingerprint density at radius 2 is 2.32 bits per heavy atom. The normalized spacial score (nSPS) is 10.6. The van der Waals surface area contributed by atoms with E-state index in [1.165, 1.54) is 6.08 Å².